The number of nitrogens with zero attached hydrogens (tertiary/aromatic N) is 1. The largest absolute Gasteiger partial charge is 0.496 e. The van der Waals surface area contributed by atoms with Crippen molar-refractivity contribution in [1.82, 2.24) is 0 Å². The van der Waals surface area contributed by atoms with Gasteiger partial charge in [0.25, 0.3) is 0 Å². The lowest BCUT2D eigenvalue weighted by Gasteiger charge is -2.20. The number of fused-ring (bicyclic) bond motifs is 2. The van der Waals surface area contributed by atoms with Gasteiger partial charge in [0.05, 0.1) is 7.11 Å². The minimum Gasteiger partial charge on any atom is -0.496 e. The van der Waals surface area contributed by atoms with E-state index in [1.807, 2.05) is 0 Å². The van der Waals surface area contributed by atoms with Crippen LogP contribution in [0, 0.1) is 13.8 Å². The van der Waals surface area contributed by atoms with E-state index in [2.05, 4.69) is 25.1 Å². The number of rotatable bonds is 3. The average Bonchev–Trinajstić information content (AvgIpc) is 2.80. The fourth-order valence-corrected chi connectivity index (χ4v) is 4.19. The Morgan fingerprint density at radius 1 is 1.29 bits per heavy atom. The molecule has 0 saturated carbocycles. The molecular weight excluding hydrogens is 262 g/mol. The molecule has 0 fully saturated rings. The SMILES string of the molecule is COc1c(C)cc(C)c2c1C(CC=NO)C1=C2CCCC1. The van der Waals surface area contributed by atoms with E-state index in [9.17, 15) is 0 Å². The fraction of sp³-hybridized carbons (Fsp3) is 0.500. The number of benzene rings is 1. The number of oxime groups is 1. The van der Waals surface area contributed by atoms with Crippen LogP contribution in [0.1, 0.15) is 60.3 Å². The first-order valence-electron chi connectivity index (χ1n) is 7.75. The van der Waals surface area contributed by atoms with Gasteiger partial charge in [0.15, 0.2) is 0 Å². The van der Waals surface area contributed by atoms with Crippen molar-refractivity contribution >= 4 is 11.8 Å². The molecule has 2 aliphatic carbocycles. The summed E-state index contributed by atoms with van der Waals surface area (Å²) < 4.78 is 5.73. The van der Waals surface area contributed by atoms with Crippen LogP contribution in [0.25, 0.3) is 5.57 Å². The highest BCUT2D eigenvalue weighted by Gasteiger charge is 2.36. The molecule has 1 atom stereocenters. The molecule has 21 heavy (non-hydrogen) atoms. The van der Waals surface area contributed by atoms with E-state index in [0.29, 0.717) is 5.92 Å². The van der Waals surface area contributed by atoms with Gasteiger partial charge in [-0.25, -0.2) is 0 Å². The van der Waals surface area contributed by atoms with Crippen LogP contribution in [0.4, 0.5) is 0 Å². The third-order valence-corrected chi connectivity index (χ3v) is 4.91. The Bertz CT molecular complexity index is 629. The maximum Gasteiger partial charge on any atom is 0.126 e. The molecule has 3 rings (SSSR count). The number of hydrogen-bond acceptors (Lipinski definition) is 3. The van der Waals surface area contributed by atoms with Crippen LogP contribution in [0.5, 0.6) is 5.75 Å². The molecule has 0 aliphatic heterocycles. The standard InChI is InChI=1S/C18H23NO2/c1-11-10-12(2)18(21-3)17-15(8-9-19-20)13-6-4-5-7-14(13)16(11)17/h9-10,15,20H,4-8H2,1-3H3. The molecule has 1 aromatic carbocycles. The van der Waals surface area contributed by atoms with Crippen molar-refractivity contribution in [3.8, 4) is 5.75 Å². The molecule has 0 heterocycles. The van der Waals surface area contributed by atoms with Gasteiger partial charge in [-0.2, -0.15) is 0 Å². The lowest BCUT2D eigenvalue weighted by molar-refractivity contribution is 0.320. The lowest BCUT2D eigenvalue weighted by Crippen LogP contribution is -2.05. The van der Waals surface area contributed by atoms with Gasteiger partial charge in [0, 0.05) is 17.7 Å². The molecule has 0 spiro atoms. The van der Waals surface area contributed by atoms with Crippen molar-refractivity contribution in [2.75, 3.05) is 7.11 Å². The van der Waals surface area contributed by atoms with E-state index < -0.39 is 0 Å². The molecular formula is C18H23NO2. The van der Waals surface area contributed by atoms with Crippen LogP contribution >= 0.6 is 0 Å². The predicted molar refractivity (Wildman–Crippen MR) is 85.5 cm³/mol. The minimum atomic E-state index is 0.319. The maximum absolute atomic E-state index is 8.83. The van der Waals surface area contributed by atoms with E-state index in [1.165, 1.54) is 47.1 Å². The van der Waals surface area contributed by atoms with Gasteiger partial charge in [0.1, 0.15) is 5.75 Å². The van der Waals surface area contributed by atoms with E-state index >= 15 is 0 Å². The van der Waals surface area contributed by atoms with E-state index in [1.54, 1.807) is 18.9 Å². The van der Waals surface area contributed by atoms with Gasteiger partial charge < -0.3 is 9.94 Å². The Hall–Kier alpha value is -1.77. The third kappa shape index (κ3) is 2.15. The quantitative estimate of drug-likeness (QED) is 0.501. The summed E-state index contributed by atoms with van der Waals surface area (Å²) in [5, 5.41) is 12.1. The predicted octanol–water partition coefficient (Wildman–Crippen LogP) is 4.59. The highest BCUT2D eigenvalue weighted by Crippen LogP contribution is 2.54. The monoisotopic (exact) mass is 285 g/mol. The number of hydrogen-bond donors (Lipinski definition) is 1. The first kappa shape index (κ1) is 14.2. The zero-order chi connectivity index (χ0) is 15.0. The molecule has 0 amide bonds. The summed E-state index contributed by atoms with van der Waals surface area (Å²) >= 11 is 0. The highest BCUT2D eigenvalue weighted by molar-refractivity contribution is 5.84. The van der Waals surface area contributed by atoms with Gasteiger partial charge >= 0.3 is 0 Å². The average molecular weight is 285 g/mol. The van der Waals surface area contributed by atoms with Crippen LogP contribution in [-0.2, 0) is 0 Å². The van der Waals surface area contributed by atoms with Crippen molar-refractivity contribution in [2.24, 2.45) is 5.16 Å². The second-order valence-electron chi connectivity index (χ2n) is 6.13. The Balaban J connectivity index is 2.22. The van der Waals surface area contributed by atoms with Crippen LogP contribution in [-0.4, -0.2) is 18.5 Å². The van der Waals surface area contributed by atoms with Gasteiger partial charge in [0.2, 0.25) is 0 Å². The smallest absolute Gasteiger partial charge is 0.126 e. The van der Waals surface area contributed by atoms with Gasteiger partial charge in [-0.1, -0.05) is 11.6 Å². The normalized spacial score (nSPS) is 20.8. The van der Waals surface area contributed by atoms with Crippen molar-refractivity contribution in [3.63, 3.8) is 0 Å². The Kier molecular flexibility index (Phi) is 3.75. The maximum atomic E-state index is 8.83. The van der Waals surface area contributed by atoms with E-state index in [-0.39, 0.29) is 0 Å². The molecule has 0 aromatic heterocycles. The van der Waals surface area contributed by atoms with E-state index in [4.69, 9.17) is 9.94 Å². The second-order valence-corrected chi connectivity index (χ2v) is 6.13. The summed E-state index contributed by atoms with van der Waals surface area (Å²) in [7, 11) is 1.76. The first-order chi connectivity index (χ1) is 10.2. The number of aryl methyl sites for hydroxylation is 2. The Morgan fingerprint density at radius 2 is 2.05 bits per heavy atom. The summed E-state index contributed by atoms with van der Waals surface area (Å²) in [6, 6.07) is 2.24. The van der Waals surface area contributed by atoms with Crippen molar-refractivity contribution in [2.45, 2.75) is 51.9 Å². The van der Waals surface area contributed by atoms with Gasteiger partial charge in [-0.15, -0.1) is 5.16 Å². The molecule has 1 N–H and O–H groups in total. The van der Waals surface area contributed by atoms with Crippen LogP contribution in [0.2, 0.25) is 0 Å². The van der Waals surface area contributed by atoms with Crippen molar-refractivity contribution in [3.05, 3.63) is 33.9 Å². The molecule has 0 saturated heterocycles. The van der Waals surface area contributed by atoms with Crippen molar-refractivity contribution < 1.29 is 9.94 Å². The second kappa shape index (κ2) is 5.55. The van der Waals surface area contributed by atoms with Crippen molar-refractivity contribution in [1.29, 1.82) is 0 Å². The molecule has 0 radical (unpaired) electrons. The Morgan fingerprint density at radius 3 is 2.76 bits per heavy atom. The summed E-state index contributed by atoms with van der Waals surface area (Å²) in [5.74, 6) is 1.33. The number of allylic oxidation sites excluding steroid dienone is 2. The summed E-state index contributed by atoms with van der Waals surface area (Å²) in [5.41, 5.74) is 8.34. The van der Waals surface area contributed by atoms with Crippen LogP contribution in [0.3, 0.4) is 0 Å². The van der Waals surface area contributed by atoms with Crippen LogP contribution < -0.4 is 4.74 Å². The van der Waals surface area contributed by atoms with Gasteiger partial charge in [-0.3, -0.25) is 0 Å². The van der Waals surface area contributed by atoms with Gasteiger partial charge in [-0.05, 0) is 68.2 Å². The lowest BCUT2D eigenvalue weighted by atomic mass is 9.86. The first-order valence-corrected chi connectivity index (χ1v) is 7.75. The Labute approximate surface area is 126 Å². The van der Waals surface area contributed by atoms with E-state index in [0.717, 1.165) is 18.6 Å². The third-order valence-electron chi connectivity index (χ3n) is 4.91. The minimum absolute atomic E-state index is 0.319. The molecule has 112 valence electrons. The topological polar surface area (TPSA) is 41.8 Å². The number of methoxy groups -OCH3 is 1. The molecule has 3 heteroatoms. The molecule has 2 aliphatic rings. The number of ether oxygens (including phenoxy) is 1. The molecule has 3 nitrogen and oxygen atoms in total. The zero-order valence-electron chi connectivity index (χ0n) is 13.1. The fourth-order valence-electron chi connectivity index (χ4n) is 4.19. The molecule has 1 unspecified atom stereocenters. The summed E-state index contributed by atoms with van der Waals surface area (Å²) in [4.78, 5) is 0. The summed E-state index contributed by atoms with van der Waals surface area (Å²) in [6.45, 7) is 4.31. The molecule has 1 aromatic rings. The zero-order valence-corrected chi connectivity index (χ0v) is 13.1. The summed E-state index contributed by atoms with van der Waals surface area (Å²) in [6.07, 6.45) is 7.24. The molecule has 0 bridgehead atoms. The van der Waals surface area contributed by atoms with Crippen LogP contribution in [0.15, 0.2) is 16.8 Å². The highest BCUT2D eigenvalue weighted by atomic mass is 16.5.